The van der Waals surface area contributed by atoms with E-state index in [-0.39, 0.29) is 10.6 Å². The number of nitrogens with one attached hydrogen (secondary N) is 2. The molecule has 1 amide bonds. The van der Waals surface area contributed by atoms with Gasteiger partial charge in [-0.1, -0.05) is 17.7 Å². The van der Waals surface area contributed by atoms with Crippen molar-refractivity contribution in [3.05, 3.63) is 53.6 Å². The number of anilines is 2. The van der Waals surface area contributed by atoms with Crippen LogP contribution in [0.15, 0.2) is 52.5 Å². The number of ether oxygens (including phenoxy) is 1. The maximum absolute atomic E-state index is 12.6. The third kappa shape index (κ3) is 5.46. The van der Waals surface area contributed by atoms with Gasteiger partial charge in [0.05, 0.1) is 23.8 Å². The number of nitriles is 1. The van der Waals surface area contributed by atoms with Gasteiger partial charge in [0.25, 0.3) is 5.91 Å². The molecule has 0 saturated carbocycles. The normalized spacial score (nSPS) is 15.2. The van der Waals surface area contributed by atoms with Gasteiger partial charge in [0, 0.05) is 18.8 Å². The van der Waals surface area contributed by atoms with Crippen LogP contribution in [0.3, 0.4) is 0 Å². The third-order valence-corrected chi connectivity index (χ3v) is 6.62. The summed E-state index contributed by atoms with van der Waals surface area (Å²) in [6, 6.07) is 13.2. The highest BCUT2D eigenvalue weighted by Crippen LogP contribution is 2.20. The first kappa shape index (κ1) is 22.4. The average Bonchev–Trinajstić information content (AvgIpc) is 2.77. The zero-order valence-electron chi connectivity index (χ0n) is 17.3. The number of carbonyl (C=O) groups excluding carboxylic acids is 1. The van der Waals surface area contributed by atoms with E-state index in [1.165, 1.54) is 28.6 Å². The van der Waals surface area contributed by atoms with E-state index in [4.69, 9.17) is 4.74 Å². The Hall–Kier alpha value is -3.26. The first-order valence-electron chi connectivity index (χ1n) is 9.61. The topological polar surface area (TPSA) is 124 Å². The number of hydrogen-bond donors (Lipinski definition) is 2. The molecular formula is C21H23N5O4S. The van der Waals surface area contributed by atoms with Gasteiger partial charge in [-0.2, -0.15) is 14.7 Å². The first-order chi connectivity index (χ1) is 14.8. The lowest BCUT2D eigenvalue weighted by atomic mass is 10.1. The summed E-state index contributed by atoms with van der Waals surface area (Å²) in [5.41, 5.74) is 5.23. The Bertz CT molecular complexity index is 1130. The van der Waals surface area contributed by atoms with Crippen molar-refractivity contribution < 1.29 is 17.9 Å². The Labute approximate surface area is 181 Å². The maximum atomic E-state index is 12.6. The molecule has 1 aliphatic heterocycles. The molecular weight excluding hydrogens is 418 g/mol. The van der Waals surface area contributed by atoms with E-state index >= 15 is 0 Å². The van der Waals surface area contributed by atoms with E-state index in [1.54, 1.807) is 12.1 Å². The molecule has 0 spiro atoms. The van der Waals surface area contributed by atoms with Crippen molar-refractivity contribution >= 4 is 33.0 Å². The predicted octanol–water partition coefficient (Wildman–Crippen LogP) is 2.25. The molecule has 1 heterocycles. The Morgan fingerprint density at radius 1 is 1.13 bits per heavy atom. The molecule has 1 saturated heterocycles. The Morgan fingerprint density at radius 2 is 1.81 bits per heavy atom. The van der Waals surface area contributed by atoms with Gasteiger partial charge in [0.1, 0.15) is 6.07 Å². The number of nitrogens with zero attached hydrogens (tertiary/aromatic N) is 3. The zero-order chi connectivity index (χ0) is 22.4. The van der Waals surface area contributed by atoms with Crippen LogP contribution in [-0.4, -0.2) is 50.6 Å². The number of benzene rings is 2. The second-order valence-corrected chi connectivity index (χ2v) is 8.94. The zero-order valence-corrected chi connectivity index (χ0v) is 18.1. The largest absolute Gasteiger partial charge is 0.379 e. The van der Waals surface area contributed by atoms with E-state index in [0.29, 0.717) is 37.7 Å². The lowest BCUT2D eigenvalue weighted by molar-refractivity contribution is -0.110. The molecule has 0 unspecified atom stereocenters. The molecule has 1 aliphatic rings. The number of morpholine rings is 1. The molecule has 162 valence electrons. The van der Waals surface area contributed by atoms with Gasteiger partial charge in [-0.3, -0.25) is 10.2 Å². The Kier molecular flexibility index (Phi) is 7.02. The summed E-state index contributed by atoms with van der Waals surface area (Å²) < 4.78 is 31.9. The summed E-state index contributed by atoms with van der Waals surface area (Å²) in [6.45, 7) is 5.17. The van der Waals surface area contributed by atoms with Gasteiger partial charge in [-0.15, -0.1) is 0 Å². The molecule has 0 aromatic heterocycles. The number of hydrazone groups is 1. The van der Waals surface area contributed by atoms with E-state index < -0.39 is 15.9 Å². The molecule has 31 heavy (non-hydrogen) atoms. The number of hydrogen-bond acceptors (Lipinski definition) is 7. The van der Waals surface area contributed by atoms with Crippen molar-refractivity contribution in [3.8, 4) is 6.07 Å². The minimum absolute atomic E-state index is 0.150. The first-order valence-corrected chi connectivity index (χ1v) is 11.1. The van der Waals surface area contributed by atoms with Gasteiger partial charge in [-0.05, 0) is 49.7 Å². The summed E-state index contributed by atoms with van der Waals surface area (Å²) in [5.74, 6) is -0.645. The van der Waals surface area contributed by atoms with E-state index in [9.17, 15) is 18.5 Å². The molecule has 3 rings (SSSR count). The van der Waals surface area contributed by atoms with Crippen molar-refractivity contribution in [1.82, 2.24) is 4.31 Å². The van der Waals surface area contributed by atoms with E-state index in [1.807, 2.05) is 26.0 Å². The molecule has 0 atom stereocenters. The number of amides is 1. The molecule has 0 aliphatic carbocycles. The van der Waals surface area contributed by atoms with Crippen LogP contribution in [0.2, 0.25) is 0 Å². The molecule has 10 heteroatoms. The van der Waals surface area contributed by atoms with Crippen molar-refractivity contribution in [2.45, 2.75) is 18.7 Å². The third-order valence-electron chi connectivity index (χ3n) is 4.71. The van der Waals surface area contributed by atoms with Crippen LogP contribution >= 0.6 is 0 Å². The number of sulfonamides is 1. The lowest BCUT2D eigenvalue weighted by Crippen LogP contribution is -2.40. The van der Waals surface area contributed by atoms with Crippen molar-refractivity contribution in [1.29, 1.82) is 5.26 Å². The lowest BCUT2D eigenvalue weighted by Gasteiger charge is -2.26. The highest BCUT2D eigenvalue weighted by Gasteiger charge is 2.26. The van der Waals surface area contributed by atoms with Crippen LogP contribution in [0, 0.1) is 25.2 Å². The van der Waals surface area contributed by atoms with Gasteiger partial charge >= 0.3 is 0 Å². The molecule has 2 aromatic rings. The van der Waals surface area contributed by atoms with Gasteiger partial charge in [0.2, 0.25) is 15.7 Å². The summed E-state index contributed by atoms with van der Waals surface area (Å²) in [4.78, 5) is 12.5. The summed E-state index contributed by atoms with van der Waals surface area (Å²) >= 11 is 0. The van der Waals surface area contributed by atoms with Crippen LogP contribution in [0.4, 0.5) is 11.4 Å². The number of carbonyl (C=O) groups is 1. The minimum Gasteiger partial charge on any atom is -0.379 e. The highest BCUT2D eigenvalue weighted by molar-refractivity contribution is 7.89. The number of rotatable bonds is 6. The van der Waals surface area contributed by atoms with Crippen molar-refractivity contribution in [3.63, 3.8) is 0 Å². The predicted molar refractivity (Wildman–Crippen MR) is 117 cm³/mol. The van der Waals surface area contributed by atoms with Crippen LogP contribution in [0.1, 0.15) is 11.1 Å². The fourth-order valence-corrected chi connectivity index (χ4v) is 4.43. The molecule has 9 nitrogen and oxygen atoms in total. The highest BCUT2D eigenvalue weighted by atomic mass is 32.2. The fraction of sp³-hybridized carbons (Fsp3) is 0.286. The minimum atomic E-state index is -3.60. The summed E-state index contributed by atoms with van der Waals surface area (Å²) in [5, 5.41) is 15.8. The second-order valence-electron chi connectivity index (χ2n) is 7.00. The monoisotopic (exact) mass is 441 g/mol. The van der Waals surface area contributed by atoms with Gasteiger partial charge in [-0.25, -0.2) is 8.42 Å². The molecule has 2 aromatic carbocycles. The molecule has 1 fully saturated rings. The standard InChI is InChI=1S/C21H23N5O4S/c1-15-3-8-19(16(2)13-15)23-21(27)20(14-22)25-24-17-4-6-18(7-5-17)31(28,29)26-9-11-30-12-10-26/h3-8,13,24H,9-12H2,1-2H3,(H,23,27). The molecule has 0 radical (unpaired) electrons. The van der Waals surface area contributed by atoms with Gasteiger partial charge < -0.3 is 10.1 Å². The Morgan fingerprint density at radius 3 is 2.42 bits per heavy atom. The SMILES string of the molecule is Cc1ccc(NC(=O)C(C#N)=NNc2ccc(S(=O)(=O)N3CCOCC3)cc2)c(C)c1. The fourth-order valence-electron chi connectivity index (χ4n) is 3.02. The summed E-state index contributed by atoms with van der Waals surface area (Å²) in [7, 11) is -3.60. The smallest absolute Gasteiger partial charge is 0.287 e. The molecule has 0 bridgehead atoms. The number of aryl methyl sites for hydroxylation is 2. The second kappa shape index (κ2) is 9.70. The van der Waals surface area contributed by atoms with Crippen LogP contribution < -0.4 is 10.7 Å². The Balaban J connectivity index is 1.68. The average molecular weight is 442 g/mol. The van der Waals surface area contributed by atoms with Gasteiger partial charge in [0.15, 0.2) is 0 Å². The maximum Gasteiger partial charge on any atom is 0.287 e. The van der Waals surface area contributed by atoms with Crippen molar-refractivity contribution in [2.24, 2.45) is 5.10 Å². The van der Waals surface area contributed by atoms with Crippen LogP contribution in [0.5, 0.6) is 0 Å². The molecule has 2 N–H and O–H groups in total. The van der Waals surface area contributed by atoms with Crippen molar-refractivity contribution in [2.75, 3.05) is 37.0 Å². The van der Waals surface area contributed by atoms with E-state index in [0.717, 1.165) is 11.1 Å². The van der Waals surface area contributed by atoms with Crippen LogP contribution in [-0.2, 0) is 19.6 Å². The summed E-state index contributed by atoms with van der Waals surface area (Å²) in [6.07, 6.45) is 0. The van der Waals surface area contributed by atoms with Crippen LogP contribution in [0.25, 0.3) is 0 Å². The quantitative estimate of drug-likeness (QED) is 0.523. The van der Waals surface area contributed by atoms with E-state index in [2.05, 4.69) is 15.8 Å².